The molecule has 2 unspecified atom stereocenters. The van der Waals surface area contributed by atoms with E-state index >= 15 is 0 Å². The van der Waals surface area contributed by atoms with E-state index in [0.717, 1.165) is 25.1 Å². The number of hydrogen-bond donors (Lipinski definition) is 2. The fourth-order valence-corrected chi connectivity index (χ4v) is 3.11. The minimum Gasteiger partial charge on any atom is -0.487 e. The van der Waals surface area contributed by atoms with Crippen LogP contribution in [0.3, 0.4) is 0 Å². The summed E-state index contributed by atoms with van der Waals surface area (Å²) in [5.41, 5.74) is 1.06. The zero-order valence-corrected chi connectivity index (χ0v) is 12.1. The highest BCUT2D eigenvalue weighted by Gasteiger charge is 2.34. The quantitative estimate of drug-likeness (QED) is 0.869. The molecule has 4 nitrogen and oxygen atoms in total. The van der Waals surface area contributed by atoms with Crippen molar-refractivity contribution in [3.63, 3.8) is 0 Å². The van der Waals surface area contributed by atoms with Crippen LogP contribution in [0.5, 0.6) is 5.75 Å². The first-order chi connectivity index (χ1) is 9.53. The molecule has 0 aromatic heterocycles. The van der Waals surface area contributed by atoms with Gasteiger partial charge in [0.1, 0.15) is 11.4 Å². The third-order valence-corrected chi connectivity index (χ3v) is 4.08. The number of carbonyl (C=O) groups excluding carboxylic acids is 1. The molecule has 108 valence electrons. The number of hydrogen-bond acceptors (Lipinski definition) is 3. The molecule has 2 atom stereocenters. The minimum atomic E-state index is -0.163. The van der Waals surface area contributed by atoms with Gasteiger partial charge in [-0.3, -0.25) is 4.79 Å². The highest BCUT2D eigenvalue weighted by Crippen LogP contribution is 2.39. The molecule has 2 heterocycles. The summed E-state index contributed by atoms with van der Waals surface area (Å²) < 4.78 is 6.05. The van der Waals surface area contributed by atoms with Crippen molar-refractivity contribution in [2.75, 3.05) is 6.54 Å². The summed E-state index contributed by atoms with van der Waals surface area (Å²) in [5.74, 6) is 1.14. The maximum absolute atomic E-state index is 11.2. The molecule has 2 aliphatic rings. The van der Waals surface area contributed by atoms with Gasteiger partial charge in [-0.2, -0.15) is 0 Å². The third-order valence-electron chi connectivity index (χ3n) is 4.08. The summed E-state index contributed by atoms with van der Waals surface area (Å²) >= 11 is 0. The predicted molar refractivity (Wildman–Crippen MR) is 77.7 cm³/mol. The molecule has 2 N–H and O–H groups in total. The first-order valence-electron chi connectivity index (χ1n) is 7.34. The van der Waals surface area contributed by atoms with E-state index in [1.54, 1.807) is 0 Å². The average molecular weight is 274 g/mol. The van der Waals surface area contributed by atoms with Crippen molar-refractivity contribution in [3.8, 4) is 5.75 Å². The number of benzene rings is 1. The smallest absolute Gasteiger partial charge is 0.220 e. The fraction of sp³-hybridized carbons (Fsp3) is 0.562. The van der Waals surface area contributed by atoms with Crippen molar-refractivity contribution in [3.05, 3.63) is 29.8 Å². The Kier molecular flexibility index (Phi) is 3.42. The second-order valence-corrected chi connectivity index (χ2v) is 6.36. The number of fused-ring (bicyclic) bond motifs is 1. The first-order valence-corrected chi connectivity index (χ1v) is 7.34. The Bertz CT molecular complexity index is 503. The van der Waals surface area contributed by atoms with Crippen molar-refractivity contribution in [1.82, 2.24) is 10.6 Å². The lowest BCUT2D eigenvalue weighted by Crippen LogP contribution is -2.49. The number of ether oxygens (including phenoxy) is 1. The fourth-order valence-electron chi connectivity index (χ4n) is 3.11. The zero-order valence-electron chi connectivity index (χ0n) is 12.1. The summed E-state index contributed by atoms with van der Waals surface area (Å²) in [4.78, 5) is 11.2. The minimum absolute atomic E-state index is 0.163. The van der Waals surface area contributed by atoms with Gasteiger partial charge >= 0.3 is 0 Å². The van der Waals surface area contributed by atoms with Crippen molar-refractivity contribution in [2.24, 2.45) is 0 Å². The molecule has 0 radical (unpaired) electrons. The van der Waals surface area contributed by atoms with E-state index in [2.05, 4.69) is 36.6 Å². The van der Waals surface area contributed by atoms with Gasteiger partial charge in [0.25, 0.3) is 0 Å². The summed E-state index contributed by atoms with van der Waals surface area (Å²) in [7, 11) is 0. The van der Waals surface area contributed by atoms with E-state index in [1.165, 1.54) is 5.56 Å². The van der Waals surface area contributed by atoms with Crippen molar-refractivity contribution >= 4 is 5.91 Å². The maximum Gasteiger partial charge on any atom is 0.220 e. The van der Waals surface area contributed by atoms with Crippen LogP contribution in [0, 0.1) is 0 Å². The Labute approximate surface area is 119 Å². The predicted octanol–water partition coefficient (Wildman–Crippen LogP) is 2.16. The Morgan fingerprint density at radius 1 is 1.35 bits per heavy atom. The van der Waals surface area contributed by atoms with Crippen LogP contribution in [0.15, 0.2) is 24.3 Å². The molecule has 1 aromatic carbocycles. The van der Waals surface area contributed by atoms with Crippen molar-refractivity contribution < 1.29 is 9.53 Å². The molecule has 3 rings (SSSR count). The molecule has 0 bridgehead atoms. The Balaban J connectivity index is 1.77. The summed E-state index contributed by atoms with van der Waals surface area (Å²) in [6.07, 6.45) is 2.46. The number of amides is 1. The third kappa shape index (κ3) is 2.80. The van der Waals surface area contributed by atoms with E-state index in [9.17, 15) is 4.79 Å². The number of piperidine rings is 1. The van der Waals surface area contributed by atoms with Crippen LogP contribution in [-0.4, -0.2) is 24.1 Å². The lowest BCUT2D eigenvalue weighted by molar-refractivity contribution is -0.122. The second-order valence-electron chi connectivity index (χ2n) is 6.36. The molecule has 4 heteroatoms. The average Bonchev–Trinajstić information content (AvgIpc) is 2.40. The molecule has 1 amide bonds. The molecule has 1 fully saturated rings. The van der Waals surface area contributed by atoms with Gasteiger partial charge in [-0.25, -0.2) is 0 Å². The van der Waals surface area contributed by atoms with Gasteiger partial charge in [0.15, 0.2) is 0 Å². The number of rotatable bonds is 2. The Morgan fingerprint density at radius 3 is 2.90 bits per heavy atom. The molecule has 20 heavy (non-hydrogen) atoms. The van der Waals surface area contributed by atoms with Crippen LogP contribution >= 0.6 is 0 Å². The van der Waals surface area contributed by atoms with Crippen LogP contribution in [-0.2, 0) is 4.79 Å². The van der Waals surface area contributed by atoms with Crippen LogP contribution < -0.4 is 15.4 Å². The second kappa shape index (κ2) is 5.09. The van der Waals surface area contributed by atoms with Crippen molar-refractivity contribution in [1.29, 1.82) is 0 Å². The van der Waals surface area contributed by atoms with Gasteiger partial charge in [0.2, 0.25) is 5.91 Å². The highest BCUT2D eigenvalue weighted by molar-refractivity contribution is 5.76. The molecule has 0 aliphatic carbocycles. The van der Waals surface area contributed by atoms with Gasteiger partial charge in [-0.05, 0) is 26.3 Å². The molecule has 1 saturated heterocycles. The standard InChI is InChI=1S/C16H22N2O2/c1-16(2)9-13(12-5-3-4-6-14(12)20-16)18-11-7-8-15(19)17-10-11/h3-6,11,13,18H,7-10H2,1-2H3,(H,17,19). The van der Waals surface area contributed by atoms with Crippen LogP contribution in [0.4, 0.5) is 0 Å². The maximum atomic E-state index is 11.2. The van der Waals surface area contributed by atoms with Crippen molar-refractivity contribution in [2.45, 2.75) is 50.8 Å². The molecule has 1 aromatic rings. The lowest BCUT2D eigenvalue weighted by atomic mass is 9.88. The van der Waals surface area contributed by atoms with Gasteiger partial charge in [-0.15, -0.1) is 0 Å². The largest absolute Gasteiger partial charge is 0.487 e. The molecule has 0 spiro atoms. The summed E-state index contributed by atoms with van der Waals surface area (Å²) in [6.45, 7) is 4.97. The Morgan fingerprint density at radius 2 is 2.15 bits per heavy atom. The number of para-hydroxylation sites is 1. The van der Waals surface area contributed by atoms with Crippen LogP contribution in [0.25, 0.3) is 0 Å². The van der Waals surface area contributed by atoms with Gasteiger partial charge in [0, 0.05) is 37.0 Å². The van der Waals surface area contributed by atoms with Gasteiger partial charge < -0.3 is 15.4 Å². The van der Waals surface area contributed by atoms with E-state index in [1.807, 2.05) is 12.1 Å². The topological polar surface area (TPSA) is 50.4 Å². The van der Waals surface area contributed by atoms with Gasteiger partial charge in [-0.1, -0.05) is 18.2 Å². The first kappa shape index (κ1) is 13.4. The summed E-state index contributed by atoms with van der Waals surface area (Å²) in [5, 5.41) is 6.63. The molecular weight excluding hydrogens is 252 g/mol. The highest BCUT2D eigenvalue weighted by atomic mass is 16.5. The summed E-state index contributed by atoms with van der Waals surface area (Å²) in [6, 6.07) is 8.86. The molecule has 0 saturated carbocycles. The molecule has 2 aliphatic heterocycles. The van der Waals surface area contributed by atoms with E-state index in [0.29, 0.717) is 12.5 Å². The molecular formula is C16H22N2O2. The van der Waals surface area contributed by atoms with Crippen LogP contribution in [0.2, 0.25) is 0 Å². The lowest BCUT2D eigenvalue weighted by Gasteiger charge is -2.40. The number of nitrogens with one attached hydrogen (secondary N) is 2. The zero-order chi connectivity index (χ0) is 14.2. The number of carbonyl (C=O) groups is 1. The van der Waals surface area contributed by atoms with Crippen LogP contribution in [0.1, 0.15) is 44.7 Å². The Hall–Kier alpha value is -1.55. The normalized spacial score (nSPS) is 28.2. The van der Waals surface area contributed by atoms with E-state index in [-0.39, 0.29) is 17.6 Å². The van der Waals surface area contributed by atoms with Gasteiger partial charge in [0.05, 0.1) is 0 Å². The SMILES string of the molecule is CC1(C)CC(NC2CCC(=O)NC2)c2ccccc2O1. The van der Waals surface area contributed by atoms with E-state index in [4.69, 9.17) is 4.74 Å². The van der Waals surface area contributed by atoms with E-state index < -0.39 is 0 Å². The monoisotopic (exact) mass is 274 g/mol.